The van der Waals surface area contributed by atoms with Crippen LogP contribution >= 0.6 is 0 Å². The molecule has 24 heavy (non-hydrogen) atoms. The molecule has 0 spiro atoms. The first-order chi connectivity index (χ1) is 11.3. The average Bonchev–Trinajstić information content (AvgIpc) is 2.52. The van der Waals surface area contributed by atoms with Crippen LogP contribution in [0.15, 0.2) is 4.99 Å². The lowest BCUT2D eigenvalue weighted by molar-refractivity contribution is 0.0302. The third-order valence-electron chi connectivity index (χ3n) is 3.84. The van der Waals surface area contributed by atoms with Crippen molar-refractivity contribution in [3.63, 3.8) is 0 Å². The smallest absolute Gasteiger partial charge is 0.410 e. The summed E-state index contributed by atoms with van der Waals surface area (Å²) < 4.78 is 5.32. The molecule has 1 aliphatic rings. The van der Waals surface area contributed by atoms with Crippen molar-refractivity contribution in [3.8, 4) is 0 Å². The zero-order chi connectivity index (χ0) is 18.0. The molecular weight excluding hydrogens is 306 g/mol. The summed E-state index contributed by atoms with van der Waals surface area (Å²) in [5.41, 5.74) is -0.467. The number of guanidine groups is 1. The Bertz CT molecular complexity index is 400. The van der Waals surface area contributed by atoms with E-state index in [1.54, 1.807) is 19.0 Å². The molecule has 7 heteroatoms. The maximum atomic E-state index is 11.9. The fourth-order valence-corrected chi connectivity index (χ4v) is 2.51. The van der Waals surface area contributed by atoms with Gasteiger partial charge in [0.15, 0.2) is 5.96 Å². The SMILES string of the molecule is CN=C(NCCN1CCCCC1)NCCN(C)C(=O)OC(C)(C)C. The Balaban J connectivity index is 2.18. The van der Waals surface area contributed by atoms with Gasteiger partial charge in [0, 0.05) is 40.3 Å². The van der Waals surface area contributed by atoms with Gasteiger partial charge in [0.1, 0.15) is 5.60 Å². The number of likely N-dealkylation sites (tertiary alicyclic amines) is 1. The average molecular weight is 342 g/mol. The molecule has 0 aromatic carbocycles. The predicted molar refractivity (Wildman–Crippen MR) is 98.5 cm³/mol. The first-order valence-corrected chi connectivity index (χ1v) is 8.93. The molecule has 7 nitrogen and oxygen atoms in total. The number of piperidine rings is 1. The number of carbonyl (C=O) groups excluding carboxylic acids is 1. The van der Waals surface area contributed by atoms with Crippen LogP contribution in [0.1, 0.15) is 40.0 Å². The first kappa shape index (κ1) is 20.5. The number of amides is 1. The molecule has 0 bridgehead atoms. The summed E-state index contributed by atoms with van der Waals surface area (Å²) in [5, 5.41) is 6.55. The first-order valence-electron chi connectivity index (χ1n) is 8.93. The van der Waals surface area contributed by atoms with Gasteiger partial charge in [0.25, 0.3) is 0 Å². The van der Waals surface area contributed by atoms with E-state index in [-0.39, 0.29) is 6.09 Å². The number of hydrogen-bond acceptors (Lipinski definition) is 4. The Hall–Kier alpha value is -1.50. The molecule has 2 N–H and O–H groups in total. The quantitative estimate of drug-likeness (QED) is 0.566. The topological polar surface area (TPSA) is 69.2 Å². The van der Waals surface area contributed by atoms with Gasteiger partial charge >= 0.3 is 6.09 Å². The summed E-state index contributed by atoms with van der Waals surface area (Å²) in [6, 6.07) is 0. The number of aliphatic imine (C=N–C) groups is 1. The van der Waals surface area contributed by atoms with Crippen molar-refractivity contribution in [1.29, 1.82) is 0 Å². The van der Waals surface area contributed by atoms with Gasteiger partial charge in [-0.25, -0.2) is 4.79 Å². The molecule has 0 atom stereocenters. The van der Waals surface area contributed by atoms with Gasteiger partial charge in [-0.2, -0.15) is 0 Å². The highest BCUT2D eigenvalue weighted by molar-refractivity contribution is 5.79. The fourth-order valence-electron chi connectivity index (χ4n) is 2.51. The van der Waals surface area contributed by atoms with Crippen LogP contribution in [0.5, 0.6) is 0 Å². The zero-order valence-electron chi connectivity index (χ0n) is 16.0. The maximum absolute atomic E-state index is 11.9. The minimum atomic E-state index is -0.467. The van der Waals surface area contributed by atoms with Crippen molar-refractivity contribution >= 4 is 12.1 Å². The number of carbonyl (C=O) groups is 1. The zero-order valence-corrected chi connectivity index (χ0v) is 16.0. The normalized spacial score (nSPS) is 16.6. The second-order valence-electron chi connectivity index (χ2n) is 7.23. The maximum Gasteiger partial charge on any atom is 0.410 e. The van der Waals surface area contributed by atoms with Crippen molar-refractivity contribution in [2.45, 2.75) is 45.6 Å². The van der Waals surface area contributed by atoms with E-state index >= 15 is 0 Å². The molecule has 0 aliphatic carbocycles. The molecule has 0 saturated carbocycles. The van der Waals surface area contributed by atoms with Crippen molar-refractivity contribution < 1.29 is 9.53 Å². The van der Waals surface area contributed by atoms with Crippen LogP contribution in [0.4, 0.5) is 4.79 Å². The highest BCUT2D eigenvalue weighted by Crippen LogP contribution is 2.08. The third-order valence-corrected chi connectivity index (χ3v) is 3.84. The number of nitrogens with one attached hydrogen (secondary N) is 2. The number of rotatable bonds is 6. The van der Waals surface area contributed by atoms with Crippen LogP contribution in [-0.4, -0.2) is 80.8 Å². The van der Waals surface area contributed by atoms with Gasteiger partial charge in [0.2, 0.25) is 0 Å². The molecule has 140 valence electrons. The third kappa shape index (κ3) is 8.96. The summed E-state index contributed by atoms with van der Waals surface area (Å²) in [4.78, 5) is 20.1. The summed E-state index contributed by atoms with van der Waals surface area (Å²) in [7, 11) is 3.50. The Morgan fingerprint density at radius 2 is 1.79 bits per heavy atom. The van der Waals surface area contributed by atoms with E-state index in [2.05, 4.69) is 20.5 Å². The molecular formula is C17H35N5O2. The highest BCUT2D eigenvalue weighted by atomic mass is 16.6. The molecule has 1 saturated heterocycles. The second kappa shape index (κ2) is 10.4. The van der Waals surface area contributed by atoms with E-state index in [0.29, 0.717) is 13.1 Å². The number of hydrogen-bond donors (Lipinski definition) is 2. The largest absolute Gasteiger partial charge is 0.444 e. The molecule has 1 rings (SSSR count). The lowest BCUT2D eigenvalue weighted by Crippen LogP contribution is -2.45. The number of ether oxygens (including phenoxy) is 1. The Morgan fingerprint density at radius 3 is 2.38 bits per heavy atom. The molecule has 0 radical (unpaired) electrons. The van der Waals surface area contributed by atoms with Crippen molar-refractivity contribution in [3.05, 3.63) is 0 Å². The lowest BCUT2D eigenvalue weighted by Gasteiger charge is -2.27. The van der Waals surface area contributed by atoms with E-state index in [4.69, 9.17) is 4.74 Å². The van der Waals surface area contributed by atoms with E-state index in [1.165, 1.54) is 32.4 Å². The van der Waals surface area contributed by atoms with Gasteiger partial charge in [-0.1, -0.05) is 6.42 Å². The number of likely N-dealkylation sites (N-methyl/N-ethyl adjacent to an activating group) is 1. The van der Waals surface area contributed by atoms with E-state index in [9.17, 15) is 4.79 Å². The Morgan fingerprint density at radius 1 is 1.17 bits per heavy atom. The summed E-state index contributed by atoms with van der Waals surface area (Å²) in [6.07, 6.45) is 3.67. The number of nitrogens with zero attached hydrogens (tertiary/aromatic N) is 3. The Labute approximate surface area is 146 Å². The van der Waals surface area contributed by atoms with E-state index in [0.717, 1.165) is 19.0 Å². The molecule has 0 aromatic heterocycles. The molecule has 1 heterocycles. The second-order valence-corrected chi connectivity index (χ2v) is 7.23. The van der Waals surface area contributed by atoms with Crippen LogP contribution in [0.2, 0.25) is 0 Å². The van der Waals surface area contributed by atoms with Crippen molar-refractivity contribution in [2.24, 2.45) is 4.99 Å². The van der Waals surface area contributed by atoms with Gasteiger partial charge in [0.05, 0.1) is 0 Å². The van der Waals surface area contributed by atoms with Crippen LogP contribution < -0.4 is 10.6 Å². The molecule has 1 aliphatic heterocycles. The van der Waals surface area contributed by atoms with Crippen molar-refractivity contribution in [2.75, 3.05) is 53.4 Å². The summed E-state index contributed by atoms with van der Waals surface area (Å²) >= 11 is 0. The van der Waals surface area contributed by atoms with E-state index in [1.807, 2.05) is 20.8 Å². The van der Waals surface area contributed by atoms with Crippen LogP contribution in [0, 0.1) is 0 Å². The molecule has 1 fully saturated rings. The van der Waals surface area contributed by atoms with Gasteiger partial charge < -0.3 is 25.2 Å². The van der Waals surface area contributed by atoms with Crippen LogP contribution in [0.3, 0.4) is 0 Å². The Kier molecular flexibility index (Phi) is 8.89. The lowest BCUT2D eigenvalue weighted by atomic mass is 10.1. The molecule has 1 amide bonds. The predicted octanol–water partition coefficient (Wildman–Crippen LogP) is 1.50. The van der Waals surface area contributed by atoms with Crippen molar-refractivity contribution in [1.82, 2.24) is 20.4 Å². The standard InChI is InChI=1S/C17H35N5O2/c1-17(2,3)24-16(23)21(5)13-9-19-15(18-4)20-10-14-22-11-7-6-8-12-22/h6-14H2,1-5H3,(H2,18,19,20). The van der Waals surface area contributed by atoms with Gasteiger partial charge in [-0.15, -0.1) is 0 Å². The summed E-state index contributed by atoms with van der Waals surface area (Å²) in [6.45, 7) is 11.1. The fraction of sp³-hybridized carbons (Fsp3) is 0.882. The van der Waals surface area contributed by atoms with Gasteiger partial charge in [-0.3, -0.25) is 4.99 Å². The monoisotopic (exact) mass is 341 g/mol. The molecule has 0 aromatic rings. The van der Waals surface area contributed by atoms with Crippen LogP contribution in [-0.2, 0) is 4.74 Å². The highest BCUT2D eigenvalue weighted by Gasteiger charge is 2.19. The molecule has 0 unspecified atom stereocenters. The van der Waals surface area contributed by atoms with Gasteiger partial charge in [-0.05, 0) is 46.7 Å². The minimum absolute atomic E-state index is 0.308. The van der Waals surface area contributed by atoms with Crippen LogP contribution in [0.25, 0.3) is 0 Å². The van der Waals surface area contributed by atoms with E-state index < -0.39 is 5.60 Å². The summed E-state index contributed by atoms with van der Waals surface area (Å²) in [5.74, 6) is 0.768. The minimum Gasteiger partial charge on any atom is -0.444 e.